The van der Waals surface area contributed by atoms with Crippen LogP contribution in [-0.4, -0.2) is 88.2 Å². The Kier molecular flexibility index (Phi) is 14.4. The number of carboxylic acid groups (broad SMARTS) is 1. The second-order valence-corrected chi connectivity index (χ2v) is 10.0. The lowest BCUT2D eigenvalue weighted by Gasteiger charge is -2.26. The lowest BCUT2D eigenvalue weighted by atomic mass is 10.0. The minimum absolute atomic E-state index is 0.189. The fraction of sp³-hybridized carbons (Fsp3) is 0.565. The summed E-state index contributed by atoms with van der Waals surface area (Å²) in [6.45, 7) is 1.31. The molecule has 35 heavy (non-hydrogen) atoms. The summed E-state index contributed by atoms with van der Waals surface area (Å²) in [6, 6.07) is 4.80. The van der Waals surface area contributed by atoms with Gasteiger partial charge in [-0.3, -0.25) is 14.4 Å². The Labute approximate surface area is 214 Å². The van der Waals surface area contributed by atoms with Gasteiger partial charge in [0, 0.05) is 0 Å². The number of aliphatic hydroxyl groups excluding tert-OH is 1. The van der Waals surface area contributed by atoms with Gasteiger partial charge < -0.3 is 31.9 Å². The fourth-order valence-electron chi connectivity index (χ4n) is 3.16. The molecule has 1 rings (SSSR count). The number of carbonyl (C=O) groups excluding carboxylic acids is 3. The molecule has 0 saturated carbocycles. The minimum atomic E-state index is -1.40. The van der Waals surface area contributed by atoms with Crippen molar-refractivity contribution < 1.29 is 29.4 Å². The average Bonchev–Trinajstić information content (AvgIpc) is 2.82. The molecule has 0 bridgehead atoms. The van der Waals surface area contributed by atoms with Crippen molar-refractivity contribution in [2.45, 2.75) is 56.5 Å². The summed E-state index contributed by atoms with van der Waals surface area (Å²) in [5, 5.41) is 26.9. The van der Waals surface area contributed by atoms with Crippen molar-refractivity contribution in [2.75, 3.05) is 24.0 Å². The smallest absolute Gasteiger partial charge is 0.326 e. The standard InChI is InChI=1S/C23H36N4O6S2/c1-14(28)19(22(31)26-18(23(32)33)10-12-35-3)27-21(30)17(9-11-34-2)25-20(29)16(24)13-15-7-5-4-6-8-15/h4-8,14,16-19,28H,9-13,24H2,1-3H3,(H,25,29)(H,26,31)(H,27,30)(H,32,33). The first-order valence-electron chi connectivity index (χ1n) is 11.2. The molecule has 0 aliphatic carbocycles. The predicted molar refractivity (Wildman–Crippen MR) is 139 cm³/mol. The van der Waals surface area contributed by atoms with Gasteiger partial charge in [-0.25, -0.2) is 4.79 Å². The zero-order valence-corrected chi connectivity index (χ0v) is 21.9. The number of thioether (sulfide) groups is 2. The third-order valence-electron chi connectivity index (χ3n) is 5.17. The normalized spacial score (nSPS) is 15.2. The van der Waals surface area contributed by atoms with Gasteiger partial charge in [0.05, 0.1) is 12.1 Å². The molecule has 1 aromatic rings. The maximum atomic E-state index is 13.0. The summed E-state index contributed by atoms with van der Waals surface area (Å²) >= 11 is 2.91. The van der Waals surface area contributed by atoms with E-state index in [9.17, 15) is 29.4 Å². The van der Waals surface area contributed by atoms with Gasteiger partial charge in [0.2, 0.25) is 17.7 Å². The maximum Gasteiger partial charge on any atom is 0.326 e. The summed E-state index contributed by atoms with van der Waals surface area (Å²) in [5.41, 5.74) is 6.91. The molecule has 0 saturated heterocycles. The van der Waals surface area contributed by atoms with Gasteiger partial charge in [-0.15, -0.1) is 0 Å². The van der Waals surface area contributed by atoms with Gasteiger partial charge in [0.1, 0.15) is 18.1 Å². The van der Waals surface area contributed by atoms with Crippen LogP contribution in [0.2, 0.25) is 0 Å². The van der Waals surface area contributed by atoms with Crippen molar-refractivity contribution in [1.82, 2.24) is 16.0 Å². The summed E-state index contributed by atoms with van der Waals surface area (Å²) in [6.07, 6.45) is 3.12. The van der Waals surface area contributed by atoms with Crippen LogP contribution in [0.4, 0.5) is 0 Å². The van der Waals surface area contributed by atoms with E-state index in [-0.39, 0.29) is 19.3 Å². The number of aliphatic hydroxyl groups is 1. The number of hydrogen-bond donors (Lipinski definition) is 6. The second kappa shape index (κ2) is 16.4. The van der Waals surface area contributed by atoms with Crippen LogP contribution in [-0.2, 0) is 25.6 Å². The third kappa shape index (κ3) is 11.3. The van der Waals surface area contributed by atoms with Crippen molar-refractivity contribution in [3.05, 3.63) is 35.9 Å². The van der Waals surface area contributed by atoms with E-state index in [1.165, 1.54) is 30.4 Å². The van der Waals surface area contributed by atoms with E-state index < -0.39 is 54.0 Å². The number of aliphatic carboxylic acids is 1. The monoisotopic (exact) mass is 528 g/mol. The van der Waals surface area contributed by atoms with Crippen LogP contribution in [0, 0.1) is 0 Å². The summed E-state index contributed by atoms with van der Waals surface area (Å²) < 4.78 is 0. The SMILES string of the molecule is CSCCC(NC(=O)C(NC(=O)C(CCSC)NC(=O)C(N)Cc1ccccc1)C(C)O)C(=O)O. The molecule has 0 spiro atoms. The van der Waals surface area contributed by atoms with Crippen LogP contribution in [0.1, 0.15) is 25.3 Å². The maximum absolute atomic E-state index is 13.0. The van der Waals surface area contributed by atoms with Gasteiger partial charge in [-0.1, -0.05) is 30.3 Å². The van der Waals surface area contributed by atoms with E-state index in [0.717, 1.165) is 5.56 Å². The first kappa shape index (κ1) is 30.8. The van der Waals surface area contributed by atoms with E-state index in [2.05, 4.69) is 16.0 Å². The van der Waals surface area contributed by atoms with E-state index in [1.54, 1.807) is 0 Å². The highest BCUT2D eigenvalue weighted by molar-refractivity contribution is 7.98. The Morgan fingerprint density at radius 2 is 1.43 bits per heavy atom. The molecule has 1 aromatic carbocycles. The highest BCUT2D eigenvalue weighted by Crippen LogP contribution is 2.07. The van der Waals surface area contributed by atoms with E-state index in [1.807, 2.05) is 42.8 Å². The summed E-state index contributed by atoms with van der Waals surface area (Å²) in [5.74, 6) is -2.16. The van der Waals surface area contributed by atoms with Crippen molar-refractivity contribution in [2.24, 2.45) is 5.73 Å². The van der Waals surface area contributed by atoms with Crippen LogP contribution in [0.5, 0.6) is 0 Å². The molecule has 7 N–H and O–H groups in total. The lowest BCUT2D eigenvalue weighted by molar-refractivity contribution is -0.143. The Morgan fingerprint density at radius 1 is 0.886 bits per heavy atom. The van der Waals surface area contributed by atoms with Crippen molar-refractivity contribution in [3.63, 3.8) is 0 Å². The van der Waals surface area contributed by atoms with Crippen LogP contribution in [0.15, 0.2) is 30.3 Å². The minimum Gasteiger partial charge on any atom is -0.480 e. The number of nitrogens with one attached hydrogen (secondary N) is 3. The molecule has 0 aliphatic heterocycles. The predicted octanol–water partition coefficient (Wildman–Crippen LogP) is -0.0176. The quantitative estimate of drug-likeness (QED) is 0.173. The van der Waals surface area contributed by atoms with Gasteiger partial charge in [0.15, 0.2) is 0 Å². The zero-order valence-electron chi connectivity index (χ0n) is 20.2. The molecule has 5 atom stereocenters. The fourth-order valence-corrected chi connectivity index (χ4v) is 4.10. The van der Waals surface area contributed by atoms with Gasteiger partial charge in [-0.2, -0.15) is 23.5 Å². The molecule has 3 amide bonds. The van der Waals surface area contributed by atoms with Gasteiger partial charge in [0.25, 0.3) is 0 Å². The van der Waals surface area contributed by atoms with E-state index in [4.69, 9.17) is 5.73 Å². The largest absolute Gasteiger partial charge is 0.480 e. The molecule has 10 nitrogen and oxygen atoms in total. The first-order chi connectivity index (χ1) is 16.6. The Balaban J connectivity index is 2.88. The number of amides is 3. The molecule has 5 unspecified atom stereocenters. The Hall–Kier alpha value is -2.28. The molecule has 0 fully saturated rings. The number of hydrogen-bond acceptors (Lipinski definition) is 8. The summed E-state index contributed by atoms with van der Waals surface area (Å²) in [7, 11) is 0. The van der Waals surface area contributed by atoms with Crippen LogP contribution in [0.3, 0.4) is 0 Å². The van der Waals surface area contributed by atoms with Gasteiger partial charge in [-0.05, 0) is 55.8 Å². The molecule has 196 valence electrons. The van der Waals surface area contributed by atoms with Crippen LogP contribution < -0.4 is 21.7 Å². The second-order valence-electron chi connectivity index (χ2n) is 8.05. The molecule has 0 aromatic heterocycles. The highest BCUT2D eigenvalue weighted by Gasteiger charge is 2.32. The topological polar surface area (TPSA) is 171 Å². The van der Waals surface area contributed by atoms with Crippen LogP contribution >= 0.6 is 23.5 Å². The van der Waals surface area contributed by atoms with E-state index >= 15 is 0 Å². The van der Waals surface area contributed by atoms with Crippen molar-refractivity contribution in [1.29, 1.82) is 0 Å². The van der Waals surface area contributed by atoms with Crippen LogP contribution in [0.25, 0.3) is 0 Å². The number of rotatable bonds is 16. The zero-order chi connectivity index (χ0) is 26.4. The number of nitrogens with two attached hydrogens (primary N) is 1. The Bertz CT molecular complexity index is 827. The molecular formula is C23H36N4O6S2. The number of carboxylic acids is 1. The lowest BCUT2D eigenvalue weighted by Crippen LogP contribution is -2.60. The Morgan fingerprint density at radius 3 is 1.94 bits per heavy atom. The molecule has 0 aliphatic rings. The molecule has 0 radical (unpaired) electrons. The highest BCUT2D eigenvalue weighted by atomic mass is 32.2. The molecular weight excluding hydrogens is 492 g/mol. The summed E-state index contributed by atoms with van der Waals surface area (Å²) in [4.78, 5) is 49.8. The van der Waals surface area contributed by atoms with Crippen molar-refractivity contribution in [3.8, 4) is 0 Å². The van der Waals surface area contributed by atoms with Gasteiger partial charge >= 0.3 is 5.97 Å². The molecule has 12 heteroatoms. The number of carbonyl (C=O) groups is 4. The third-order valence-corrected chi connectivity index (χ3v) is 6.45. The van der Waals surface area contributed by atoms with Crippen molar-refractivity contribution >= 4 is 47.2 Å². The number of benzene rings is 1. The first-order valence-corrected chi connectivity index (χ1v) is 14.0. The molecule has 0 heterocycles. The average molecular weight is 529 g/mol. The van der Waals surface area contributed by atoms with E-state index in [0.29, 0.717) is 11.5 Å².